The van der Waals surface area contributed by atoms with Crippen molar-refractivity contribution in [1.82, 2.24) is 4.83 Å². The summed E-state index contributed by atoms with van der Waals surface area (Å²) < 4.78 is 29.3. The summed E-state index contributed by atoms with van der Waals surface area (Å²) in [6.45, 7) is 2.50. The van der Waals surface area contributed by atoms with E-state index in [1.165, 1.54) is 30.5 Å². The molecule has 0 heterocycles. The van der Waals surface area contributed by atoms with Gasteiger partial charge in [0.2, 0.25) is 0 Å². The van der Waals surface area contributed by atoms with Gasteiger partial charge in [-0.3, -0.25) is 0 Å². The first-order valence-corrected chi connectivity index (χ1v) is 8.40. The Hall–Kier alpha value is -2.05. The number of halogens is 1. The second-order valence-electron chi connectivity index (χ2n) is 4.31. The van der Waals surface area contributed by atoms with E-state index in [1.807, 2.05) is 6.92 Å². The van der Waals surface area contributed by atoms with Crippen molar-refractivity contribution in [2.75, 3.05) is 6.61 Å². The van der Waals surface area contributed by atoms with E-state index in [4.69, 9.17) is 16.3 Å². The lowest BCUT2D eigenvalue weighted by atomic mass is 10.2. The molecule has 0 aliphatic heterocycles. The molecule has 0 unspecified atom stereocenters. The van der Waals surface area contributed by atoms with Gasteiger partial charge in [-0.05, 0) is 61.0 Å². The minimum absolute atomic E-state index is 0.0979. The van der Waals surface area contributed by atoms with Crippen molar-refractivity contribution in [3.8, 4) is 5.75 Å². The van der Waals surface area contributed by atoms with Crippen molar-refractivity contribution in [3.05, 3.63) is 59.1 Å². The molecule has 5 nitrogen and oxygen atoms in total. The Kier molecular flexibility index (Phi) is 5.41. The summed E-state index contributed by atoms with van der Waals surface area (Å²) in [5.41, 5.74) is 0.752. The van der Waals surface area contributed by atoms with Crippen LogP contribution in [0.4, 0.5) is 0 Å². The van der Waals surface area contributed by atoms with E-state index in [0.717, 1.165) is 11.3 Å². The molecule has 0 radical (unpaired) electrons. The third kappa shape index (κ3) is 4.47. The van der Waals surface area contributed by atoms with Gasteiger partial charge in [0.25, 0.3) is 10.0 Å². The summed E-state index contributed by atoms with van der Waals surface area (Å²) in [4.78, 5) is 2.25. The van der Waals surface area contributed by atoms with Crippen LogP contribution in [-0.2, 0) is 10.0 Å². The number of hydrogen-bond acceptors (Lipinski definition) is 4. The van der Waals surface area contributed by atoms with Crippen molar-refractivity contribution >= 4 is 27.8 Å². The van der Waals surface area contributed by atoms with Crippen LogP contribution >= 0.6 is 11.6 Å². The summed E-state index contributed by atoms with van der Waals surface area (Å²) in [5.74, 6) is 0.751. The first kappa shape index (κ1) is 16.3. The Labute approximate surface area is 134 Å². The fraction of sp³-hybridized carbons (Fsp3) is 0.133. The molecule has 0 amide bonds. The number of hydrogen-bond donors (Lipinski definition) is 1. The number of sulfonamides is 1. The van der Waals surface area contributed by atoms with Crippen LogP contribution < -0.4 is 9.57 Å². The van der Waals surface area contributed by atoms with Crippen molar-refractivity contribution < 1.29 is 13.2 Å². The summed E-state index contributed by atoms with van der Waals surface area (Å²) in [6.07, 6.45) is 1.42. The molecule has 2 rings (SSSR count). The summed E-state index contributed by atoms with van der Waals surface area (Å²) in [5, 5.41) is 4.22. The SMILES string of the molecule is CCOc1ccc(/C=N/NS(=O)(=O)c2ccc(Cl)cc2)cc1. The zero-order valence-electron chi connectivity index (χ0n) is 11.9. The standard InChI is InChI=1S/C15H15ClN2O3S/c1-2-21-14-7-3-12(4-8-14)11-17-18-22(19,20)15-9-5-13(16)6-10-15/h3-11,18H,2H2,1H3/b17-11+. The van der Waals surface area contributed by atoms with Crippen LogP contribution in [0.1, 0.15) is 12.5 Å². The molecule has 0 aliphatic carbocycles. The Bertz CT molecular complexity index is 741. The molecule has 0 saturated heterocycles. The zero-order valence-corrected chi connectivity index (χ0v) is 13.4. The van der Waals surface area contributed by atoms with Crippen LogP contribution in [0.5, 0.6) is 5.75 Å². The Morgan fingerprint density at radius 3 is 2.36 bits per heavy atom. The van der Waals surface area contributed by atoms with E-state index < -0.39 is 10.0 Å². The number of nitrogens with zero attached hydrogens (tertiary/aromatic N) is 1. The molecular formula is C15H15ClN2O3S. The van der Waals surface area contributed by atoms with Crippen LogP contribution in [0.3, 0.4) is 0 Å². The smallest absolute Gasteiger partial charge is 0.276 e. The van der Waals surface area contributed by atoms with Gasteiger partial charge in [-0.2, -0.15) is 13.5 Å². The van der Waals surface area contributed by atoms with Gasteiger partial charge in [0.15, 0.2) is 0 Å². The number of rotatable bonds is 6. The van der Waals surface area contributed by atoms with Crippen LogP contribution in [0.2, 0.25) is 5.02 Å². The molecule has 116 valence electrons. The van der Waals surface area contributed by atoms with E-state index in [0.29, 0.717) is 11.6 Å². The van der Waals surface area contributed by atoms with Gasteiger partial charge >= 0.3 is 0 Å². The molecule has 2 aromatic carbocycles. The van der Waals surface area contributed by atoms with Gasteiger partial charge in [0, 0.05) is 5.02 Å². The maximum Gasteiger partial charge on any atom is 0.276 e. The van der Waals surface area contributed by atoms with Crippen molar-refractivity contribution in [2.45, 2.75) is 11.8 Å². The minimum Gasteiger partial charge on any atom is -0.494 e. The van der Waals surface area contributed by atoms with Crippen LogP contribution in [0.15, 0.2) is 58.5 Å². The van der Waals surface area contributed by atoms with Crippen molar-refractivity contribution in [1.29, 1.82) is 0 Å². The Balaban J connectivity index is 2.03. The molecule has 7 heteroatoms. The molecule has 0 aromatic heterocycles. The van der Waals surface area contributed by atoms with Gasteiger partial charge in [0.05, 0.1) is 17.7 Å². The summed E-state index contributed by atoms with van der Waals surface area (Å²) in [7, 11) is -3.70. The molecule has 0 saturated carbocycles. The average Bonchev–Trinajstić information content (AvgIpc) is 2.50. The molecular weight excluding hydrogens is 324 g/mol. The highest BCUT2D eigenvalue weighted by molar-refractivity contribution is 7.89. The second-order valence-corrected chi connectivity index (χ2v) is 6.41. The van der Waals surface area contributed by atoms with E-state index >= 15 is 0 Å². The van der Waals surface area contributed by atoms with E-state index in [1.54, 1.807) is 24.3 Å². The monoisotopic (exact) mass is 338 g/mol. The highest BCUT2D eigenvalue weighted by atomic mass is 35.5. The molecule has 22 heavy (non-hydrogen) atoms. The van der Waals surface area contributed by atoms with Gasteiger partial charge < -0.3 is 4.74 Å². The van der Waals surface area contributed by atoms with E-state index in [9.17, 15) is 8.42 Å². The van der Waals surface area contributed by atoms with Crippen LogP contribution in [0.25, 0.3) is 0 Å². The number of benzene rings is 2. The van der Waals surface area contributed by atoms with Crippen molar-refractivity contribution in [3.63, 3.8) is 0 Å². The Morgan fingerprint density at radius 1 is 1.14 bits per heavy atom. The first-order chi connectivity index (χ1) is 10.5. The topological polar surface area (TPSA) is 67.8 Å². The molecule has 2 aromatic rings. The molecule has 0 atom stereocenters. The third-order valence-electron chi connectivity index (χ3n) is 2.70. The average molecular weight is 339 g/mol. The first-order valence-electron chi connectivity index (χ1n) is 6.54. The zero-order chi connectivity index (χ0) is 16.0. The molecule has 0 bridgehead atoms. The minimum atomic E-state index is -3.70. The predicted octanol–water partition coefficient (Wildman–Crippen LogP) is 3.05. The highest BCUT2D eigenvalue weighted by Crippen LogP contribution is 2.14. The third-order valence-corrected chi connectivity index (χ3v) is 4.19. The molecule has 0 spiro atoms. The molecule has 0 aliphatic rings. The molecule has 0 fully saturated rings. The quantitative estimate of drug-likeness (QED) is 0.650. The normalized spacial score (nSPS) is 11.5. The van der Waals surface area contributed by atoms with Gasteiger partial charge in [-0.25, -0.2) is 4.83 Å². The fourth-order valence-corrected chi connectivity index (χ4v) is 2.57. The maximum absolute atomic E-state index is 12.0. The van der Waals surface area contributed by atoms with E-state index in [-0.39, 0.29) is 4.90 Å². The number of nitrogens with one attached hydrogen (secondary N) is 1. The van der Waals surface area contributed by atoms with Crippen LogP contribution in [0, 0.1) is 0 Å². The van der Waals surface area contributed by atoms with E-state index in [2.05, 4.69) is 9.93 Å². The fourth-order valence-electron chi connectivity index (χ4n) is 1.65. The number of hydrazone groups is 1. The largest absolute Gasteiger partial charge is 0.494 e. The number of ether oxygens (including phenoxy) is 1. The second kappa shape index (κ2) is 7.29. The highest BCUT2D eigenvalue weighted by Gasteiger charge is 2.11. The van der Waals surface area contributed by atoms with Gasteiger partial charge in [-0.1, -0.05) is 11.6 Å². The summed E-state index contributed by atoms with van der Waals surface area (Å²) in [6, 6.07) is 13.0. The Morgan fingerprint density at radius 2 is 1.77 bits per heavy atom. The predicted molar refractivity (Wildman–Crippen MR) is 87.0 cm³/mol. The van der Waals surface area contributed by atoms with Crippen LogP contribution in [-0.4, -0.2) is 21.2 Å². The maximum atomic E-state index is 12.0. The lowest BCUT2D eigenvalue weighted by Crippen LogP contribution is -2.18. The van der Waals surface area contributed by atoms with Crippen molar-refractivity contribution in [2.24, 2.45) is 5.10 Å². The van der Waals surface area contributed by atoms with Gasteiger partial charge in [0.1, 0.15) is 5.75 Å². The summed E-state index contributed by atoms with van der Waals surface area (Å²) >= 11 is 5.73. The molecule has 1 N–H and O–H groups in total. The lowest BCUT2D eigenvalue weighted by molar-refractivity contribution is 0.340. The van der Waals surface area contributed by atoms with Gasteiger partial charge in [-0.15, -0.1) is 0 Å². The lowest BCUT2D eigenvalue weighted by Gasteiger charge is -2.04.